The zero-order valence-electron chi connectivity index (χ0n) is 13.6. The molecule has 122 valence electrons. The fraction of sp³-hybridized carbons (Fsp3) is 0.278. The molecule has 0 N–H and O–H groups in total. The minimum atomic E-state index is -0.353. The normalized spacial score (nSPS) is 11.4. The summed E-state index contributed by atoms with van der Waals surface area (Å²) < 4.78 is 16.9. The third-order valence-electron chi connectivity index (χ3n) is 3.46. The Hall–Kier alpha value is -2.01. The molecule has 0 aliphatic carbocycles. The highest BCUT2D eigenvalue weighted by Crippen LogP contribution is 2.44. The maximum atomic E-state index is 11.9. The van der Waals surface area contributed by atoms with Crippen molar-refractivity contribution in [2.24, 2.45) is 0 Å². The first-order valence-corrected chi connectivity index (χ1v) is 8.02. The lowest BCUT2D eigenvalue weighted by molar-refractivity contribution is -0.138. The van der Waals surface area contributed by atoms with E-state index in [1.54, 1.807) is 34.1 Å². The van der Waals surface area contributed by atoms with E-state index in [1.165, 1.54) is 0 Å². The quantitative estimate of drug-likeness (QED) is 0.563. The molecular weight excluding hydrogens is 360 g/mol. The van der Waals surface area contributed by atoms with Crippen molar-refractivity contribution in [2.45, 2.75) is 13.8 Å². The summed E-state index contributed by atoms with van der Waals surface area (Å²) in [6.45, 7) is 3.83. The first-order valence-electron chi connectivity index (χ1n) is 7.22. The minimum absolute atomic E-state index is 0.337. The van der Waals surface area contributed by atoms with E-state index in [2.05, 4.69) is 15.9 Å². The SMILES string of the molecule is CCOC(=O)/C(C)=C\c1c(Br)c(OC)c2ccccc2c1OC. The topological polar surface area (TPSA) is 44.8 Å². The molecule has 0 aromatic heterocycles. The van der Waals surface area contributed by atoms with Gasteiger partial charge >= 0.3 is 5.97 Å². The van der Waals surface area contributed by atoms with Gasteiger partial charge in [-0.15, -0.1) is 0 Å². The molecule has 0 amide bonds. The maximum Gasteiger partial charge on any atom is 0.333 e. The third-order valence-corrected chi connectivity index (χ3v) is 4.25. The first kappa shape index (κ1) is 17.3. The van der Waals surface area contributed by atoms with Crippen molar-refractivity contribution in [3.63, 3.8) is 0 Å². The van der Waals surface area contributed by atoms with E-state index in [9.17, 15) is 4.79 Å². The van der Waals surface area contributed by atoms with Crippen LogP contribution in [0.3, 0.4) is 0 Å². The van der Waals surface area contributed by atoms with Gasteiger partial charge in [0.05, 0.1) is 25.3 Å². The van der Waals surface area contributed by atoms with Crippen LogP contribution < -0.4 is 9.47 Å². The number of esters is 1. The summed E-state index contributed by atoms with van der Waals surface area (Å²) >= 11 is 3.57. The molecule has 0 heterocycles. The van der Waals surface area contributed by atoms with Crippen LogP contribution in [-0.4, -0.2) is 26.8 Å². The number of ether oxygens (including phenoxy) is 3. The van der Waals surface area contributed by atoms with E-state index in [1.807, 2.05) is 24.3 Å². The van der Waals surface area contributed by atoms with E-state index >= 15 is 0 Å². The van der Waals surface area contributed by atoms with E-state index in [0.717, 1.165) is 20.8 Å². The Bertz CT molecular complexity index is 765. The van der Waals surface area contributed by atoms with Crippen molar-refractivity contribution < 1.29 is 19.0 Å². The van der Waals surface area contributed by atoms with Crippen LogP contribution in [0, 0.1) is 0 Å². The van der Waals surface area contributed by atoms with Crippen LogP contribution in [0.15, 0.2) is 34.3 Å². The minimum Gasteiger partial charge on any atom is -0.495 e. The van der Waals surface area contributed by atoms with Crippen LogP contribution in [-0.2, 0) is 9.53 Å². The average molecular weight is 379 g/mol. The third kappa shape index (κ3) is 3.34. The number of rotatable bonds is 5. The van der Waals surface area contributed by atoms with Crippen molar-refractivity contribution in [2.75, 3.05) is 20.8 Å². The highest BCUT2D eigenvalue weighted by atomic mass is 79.9. The predicted octanol–water partition coefficient (Wildman–Crippen LogP) is 4.59. The molecule has 0 fully saturated rings. The number of halogens is 1. The summed E-state index contributed by atoms with van der Waals surface area (Å²) in [6, 6.07) is 7.80. The molecule has 2 aromatic rings. The van der Waals surface area contributed by atoms with Gasteiger partial charge in [0.1, 0.15) is 11.5 Å². The van der Waals surface area contributed by atoms with E-state index in [-0.39, 0.29) is 5.97 Å². The monoisotopic (exact) mass is 378 g/mol. The molecule has 0 saturated carbocycles. The lowest BCUT2D eigenvalue weighted by Gasteiger charge is -2.16. The fourth-order valence-electron chi connectivity index (χ4n) is 2.43. The molecule has 0 radical (unpaired) electrons. The Morgan fingerprint density at radius 3 is 2.22 bits per heavy atom. The standard InChI is InChI=1S/C18H19BrO4/c1-5-23-18(20)11(2)10-14-15(19)17(22-4)13-9-7-6-8-12(13)16(14)21-3/h6-10H,5H2,1-4H3/b11-10-. The van der Waals surface area contributed by atoms with Gasteiger partial charge in [0, 0.05) is 21.9 Å². The second-order valence-corrected chi connectivity index (χ2v) is 5.68. The summed E-state index contributed by atoms with van der Waals surface area (Å²) in [4.78, 5) is 11.9. The molecule has 0 aliphatic rings. The molecule has 4 nitrogen and oxygen atoms in total. The van der Waals surface area contributed by atoms with Crippen molar-refractivity contribution >= 4 is 38.7 Å². The highest BCUT2D eigenvalue weighted by Gasteiger charge is 2.19. The molecule has 23 heavy (non-hydrogen) atoms. The Morgan fingerprint density at radius 1 is 1.13 bits per heavy atom. The maximum absolute atomic E-state index is 11.9. The van der Waals surface area contributed by atoms with Gasteiger partial charge in [0.15, 0.2) is 0 Å². The molecule has 2 aromatic carbocycles. The van der Waals surface area contributed by atoms with Crippen LogP contribution in [0.5, 0.6) is 11.5 Å². The summed E-state index contributed by atoms with van der Waals surface area (Å²) in [6.07, 6.45) is 1.75. The number of fused-ring (bicyclic) bond motifs is 1. The van der Waals surface area contributed by atoms with Crippen molar-refractivity contribution in [1.82, 2.24) is 0 Å². The van der Waals surface area contributed by atoms with Crippen LogP contribution in [0.25, 0.3) is 16.8 Å². The molecular formula is C18H19BrO4. The predicted molar refractivity (Wildman–Crippen MR) is 95.0 cm³/mol. The lowest BCUT2D eigenvalue weighted by Crippen LogP contribution is -2.05. The Morgan fingerprint density at radius 2 is 1.70 bits per heavy atom. The van der Waals surface area contributed by atoms with Gasteiger partial charge in [-0.1, -0.05) is 24.3 Å². The summed E-state index contributed by atoms with van der Waals surface area (Å²) in [5.74, 6) is 1.02. The van der Waals surface area contributed by atoms with Gasteiger partial charge in [0.2, 0.25) is 0 Å². The Labute approximate surface area is 144 Å². The van der Waals surface area contributed by atoms with Crippen LogP contribution in [0.1, 0.15) is 19.4 Å². The smallest absolute Gasteiger partial charge is 0.333 e. The van der Waals surface area contributed by atoms with Crippen LogP contribution in [0.2, 0.25) is 0 Å². The zero-order chi connectivity index (χ0) is 17.0. The van der Waals surface area contributed by atoms with Gasteiger partial charge in [-0.3, -0.25) is 0 Å². The van der Waals surface area contributed by atoms with Gasteiger partial charge < -0.3 is 14.2 Å². The number of hydrogen-bond donors (Lipinski definition) is 0. The van der Waals surface area contributed by atoms with E-state index in [0.29, 0.717) is 23.7 Å². The molecule has 2 rings (SSSR count). The number of benzene rings is 2. The van der Waals surface area contributed by atoms with Gasteiger partial charge in [0.25, 0.3) is 0 Å². The van der Waals surface area contributed by atoms with Crippen molar-refractivity contribution in [1.29, 1.82) is 0 Å². The van der Waals surface area contributed by atoms with Crippen LogP contribution in [0.4, 0.5) is 0 Å². The second-order valence-electron chi connectivity index (χ2n) is 4.89. The largest absolute Gasteiger partial charge is 0.495 e. The Balaban J connectivity index is 2.75. The lowest BCUT2D eigenvalue weighted by atomic mass is 10.0. The van der Waals surface area contributed by atoms with Crippen molar-refractivity contribution in [3.8, 4) is 11.5 Å². The molecule has 0 spiro atoms. The number of carbonyl (C=O) groups excluding carboxylic acids is 1. The number of carbonyl (C=O) groups is 1. The van der Waals surface area contributed by atoms with Gasteiger partial charge in [-0.05, 0) is 35.9 Å². The molecule has 0 atom stereocenters. The molecule has 0 bridgehead atoms. The highest BCUT2D eigenvalue weighted by molar-refractivity contribution is 9.10. The molecule has 5 heteroatoms. The second kappa shape index (κ2) is 7.51. The van der Waals surface area contributed by atoms with E-state index < -0.39 is 0 Å². The number of methoxy groups -OCH3 is 2. The van der Waals surface area contributed by atoms with Gasteiger partial charge in [-0.2, -0.15) is 0 Å². The molecule has 0 saturated heterocycles. The summed E-state index contributed by atoms with van der Waals surface area (Å²) in [7, 11) is 3.22. The first-order chi connectivity index (χ1) is 11.0. The number of hydrogen-bond acceptors (Lipinski definition) is 4. The average Bonchev–Trinajstić information content (AvgIpc) is 2.56. The van der Waals surface area contributed by atoms with Crippen LogP contribution >= 0.6 is 15.9 Å². The fourth-order valence-corrected chi connectivity index (χ4v) is 3.10. The van der Waals surface area contributed by atoms with Gasteiger partial charge in [-0.25, -0.2) is 4.79 Å². The zero-order valence-corrected chi connectivity index (χ0v) is 15.2. The van der Waals surface area contributed by atoms with E-state index in [4.69, 9.17) is 14.2 Å². The molecule has 0 aliphatic heterocycles. The molecule has 0 unspecified atom stereocenters. The summed E-state index contributed by atoms with van der Waals surface area (Å²) in [5, 5.41) is 1.85. The summed E-state index contributed by atoms with van der Waals surface area (Å²) in [5.41, 5.74) is 1.23. The Kier molecular flexibility index (Phi) is 5.66. The van der Waals surface area contributed by atoms with Crippen molar-refractivity contribution in [3.05, 3.63) is 39.9 Å².